The average molecular weight is 464 g/mol. The number of rotatable bonds is 6. The van der Waals surface area contributed by atoms with Gasteiger partial charge in [-0.1, -0.05) is 0 Å². The fourth-order valence-electron chi connectivity index (χ4n) is 3.37. The van der Waals surface area contributed by atoms with E-state index >= 15 is 0 Å². The Morgan fingerprint density at radius 3 is 2.50 bits per heavy atom. The van der Waals surface area contributed by atoms with E-state index in [1.165, 1.54) is 24.4 Å². The molecule has 0 atom stereocenters. The number of methoxy groups -OCH3 is 1. The number of aromatic nitrogens is 1. The number of carbonyl (C=O) groups is 1. The molecule has 1 heterocycles. The first-order valence-corrected chi connectivity index (χ1v) is 9.89. The molecule has 0 fully saturated rings. The zero-order valence-electron chi connectivity index (χ0n) is 17.8. The van der Waals surface area contributed by atoms with Crippen LogP contribution in [0.3, 0.4) is 0 Å². The molecule has 3 aromatic carbocycles. The van der Waals surface area contributed by atoms with Gasteiger partial charge < -0.3 is 20.1 Å². The number of ether oxygens (including phenoxy) is 1. The molecule has 4 rings (SSSR count). The Morgan fingerprint density at radius 2 is 1.85 bits per heavy atom. The SMILES string of the molecule is COc1ccc(C=NNc2cc3c(cc2F)c(=O)c(C(=O)O)cn3-c2ccc(N)cc2F)cc1. The zero-order chi connectivity index (χ0) is 24.4. The third-order valence-corrected chi connectivity index (χ3v) is 5.07. The molecule has 0 aliphatic heterocycles. The Kier molecular flexibility index (Phi) is 5.96. The third-order valence-electron chi connectivity index (χ3n) is 5.07. The van der Waals surface area contributed by atoms with Gasteiger partial charge in [-0.3, -0.25) is 10.2 Å². The van der Waals surface area contributed by atoms with Crippen LogP contribution in [0.2, 0.25) is 0 Å². The van der Waals surface area contributed by atoms with Crippen molar-refractivity contribution in [2.24, 2.45) is 5.10 Å². The van der Waals surface area contributed by atoms with Gasteiger partial charge >= 0.3 is 5.97 Å². The summed E-state index contributed by atoms with van der Waals surface area (Å²) in [6.45, 7) is 0. The van der Waals surface area contributed by atoms with Gasteiger partial charge in [0.1, 0.15) is 22.9 Å². The average Bonchev–Trinajstić information content (AvgIpc) is 2.81. The molecule has 34 heavy (non-hydrogen) atoms. The summed E-state index contributed by atoms with van der Waals surface area (Å²) in [5.41, 5.74) is 7.39. The maximum Gasteiger partial charge on any atom is 0.341 e. The van der Waals surface area contributed by atoms with E-state index in [0.717, 1.165) is 22.9 Å². The Hall–Kier alpha value is -4.73. The van der Waals surface area contributed by atoms with Crippen LogP contribution in [0.5, 0.6) is 5.75 Å². The molecule has 0 bridgehead atoms. The summed E-state index contributed by atoms with van der Waals surface area (Å²) in [7, 11) is 1.54. The van der Waals surface area contributed by atoms with Crippen LogP contribution in [-0.4, -0.2) is 29.0 Å². The highest BCUT2D eigenvalue weighted by Gasteiger charge is 2.19. The smallest absolute Gasteiger partial charge is 0.341 e. The number of hydrogen-bond acceptors (Lipinski definition) is 6. The highest BCUT2D eigenvalue weighted by molar-refractivity contribution is 5.94. The van der Waals surface area contributed by atoms with E-state index in [1.54, 1.807) is 31.4 Å². The van der Waals surface area contributed by atoms with Crippen molar-refractivity contribution in [1.29, 1.82) is 0 Å². The zero-order valence-corrected chi connectivity index (χ0v) is 17.8. The van der Waals surface area contributed by atoms with E-state index in [4.69, 9.17) is 10.5 Å². The van der Waals surface area contributed by atoms with Crippen LogP contribution in [0.4, 0.5) is 20.2 Å². The number of benzene rings is 3. The second-order valence-corrected chi connectivity index (χ2v) is 7.25. The fraction of sp³-hybridized carbons (Fsp3) is 0.0417. The first-order valence-electron chi connectivity index (χ1n) is 9.89. The minimum atomic E-state index is -1.52. The van der Waals surface area contributed by atoms with Crippen molar-refractivity contribution < 1.29 is 23.4 Å². The van der Waals surface area contributed by atoms with Crippen molar-refractivity contribution in [3.8, 4) is 11.4 Å². The number of anilines is 2. The van der Waals surface area contributed by atoms with E-state index < -0.39 is 28.6 Å². The van der Waals surface area contributed by atoms with Crippen molar-refractivity contribution in [3.05, 3.63) is 93.8 Å². The Morgan fingerprint density at radius 1 is 1.12 bits per heavy atom. The van der Waals surface area contributed by atoms with Gasteiger partial charge in [-0.2, -0.15) is 5.10 Å². The van der Waals surface area contributed by atoms with Gasteiger partial charge in [0.15, 0.2) is 0 Å². The molecule has 0 amide bonds. The quantitative estimate of drug-likeness (QED) is 0.225. The third kappa shape index (κ3) is 4.29. The van der Waals surface area contributed by atoms with Gasteiger partial charge in [0.05, 0.1) is 30.2 Å². The number of hydrazone groups is 1. The lowest BCUT2D eigenvalue weighted by Crippen LogP contribution is -2.19. The topological polar surface area (TPSA) is 119 Å². The lowest BCUT2D eigenvalue weighted by atomic mass is 10.1. The second kappa shape index (κ2) is 9.02. The highest BCUT2D eigenvalue weighted by Crippen LogP contribution is 2.26. The van der Waals surface area contributed by atoms with E-state index in [1.807, 2.05) is 0 Å². The lowest BCUT2D eigenvalue weighted by molar-refractivity contribution is 0.0695. The largest absolute Gasteiger partial charge is 0.497 e. The Balaban J connectivity index is 1.83. The number of fused-ring (bicyclic) bond motifs is 1. The summed E-state index contributed by atoms with van der Waals surface area (Å²) in [6.07, 6.45) is 2.44. The summed E-state index contributed by atoms with van der Waals surface area (Å²) >= 11 is 0. The van der Waals surface area contributed by atoms with Gasteiger partial charge in [0.2, 0.25) is 5.43 Å². The number of nitrogen functional groups attached to an aromatic ring is 1. The van der Waals surface area contributed by atoms with Crippen LogP contribution in [-0.2, 0) is 0 Å². The van der Waals surface area contributed by atoms with Crippen molar-refractivity contribution in [2.45, 2.75) is 0 Å². The van der Waals surface area contributed by atoms with Crippen LogP contribution in [0.1, 0.15) is 15.9 Å². The summed E-state index contributed by atoms with van der Waals surface area (Å²) in [5, 5.41) is 13.2. The molecule has 0 aliphatic rings. The molecule has 4 N–H and O–H groups in total. The molecule has 0 aliphatic carbocycles. The minimum Gasteiger partial charge on any atom is -0.497 e. The number of carboxylic acids is 1. The summed E-state index contributed by atoms with van der Waals surface area (Å²) < 4.78 is 35.7. The van der Waals surface area contributed by atoms with Crippen LogP contribution in [0.15, 0.2) is 70.7 Å². The first-order chi connectivity index (χ1) is 16.3. The maximum absolute atomic E-state index is 14.8. The van der Waals surface area contributed by atoms with Crippen molar-refractivity contribution in [2.75, 3.05) is 18.3 Å². The van der Waals surface area contributed by atoms with Gasteiger partial charge in [-0.15, -0.1) is 0 Å². The molecule has 172 valence electrons. The first kappa shape index (κ1) is 22.5. The monoisotopic (exact) mass is 464 g/mol. The van der Waals surface area contributed by atoms with Crippen LogP contribution >= 0.6 is 0 Å². The number of carboxylic acid groups (broad SMARTS) is 1. The van der Waals surface area contributed by atoms with Gasteiger partial charge in [-0.25, -0.2) is 13.6 Å². The number of aromatic carboxylic acids is 1. The van der Waals surface area contributed by atoms with Gasteiger partial charge in [0.25, 0.3) is 0 Å². The molecule has 1 aromatic heterocycles. The molecular weight excluding hydrogens is 446 g/mol. The second-order valence-electron chi connectivity index (χ2n) is 7.25. The molecule has 0 saturated carbocycles. The molecule has 0 saturated heterocycles. The minimum absolute atomic E-state index is 0.0685. The van der Waals surface area contributed by atoms with Crippen molar-refractivity contribution in [3.63, 3.8) is 0 Å². The van der Waals surface area contributed by atoms with E-state index in [0.29, 0.717) is 11.3 Å². The summed E-state index contributed by atoms with van der Waals surface area (Å²) in [5.74, 6) is -2.46. The number of nitrogens with two attached hydrogens (primary N) is 1. The Labute approximate surface area is 191 Å². The van der Waals surface area contributed by atoms with Crippen LogP contribution < -0.4 is 21.3 Å². The normalized spacial score (nSPS) is 11.1. The van der Waals surface area contributed by atoms with E-state index in [-0.39, 0.29) is 28.0 Å². The molecule has 8 nitrogen and oxygen atoms in total. The van der Waals surface area contributed by atoms with Crippen molar-refractivity contribution in [1.82, 2.24) is 4.57 Å². The van der Waals surface area contributed by atoms with E-state index in [9.17, 15) is 23.5 Å². The van der Waals surface area contributed by atoms with Crippen LogP contribution in [0.25, 0.3) is 16.6 Å². The number of hydrogen-bond donors (Lipinski definition) is 3. The summed E-state index contributed by atoms with van der Waals surface area (Å²) in [6, 6.07) is 12.9. The van der Waals surface area contributed by atoms with Gasteiger partial charge in [-0.05, 0) is 60.2 Å². The predicted octanol–water partition coefficient (Wildman–Crippen LogP) is 4.00. The molecule has 4 aromatic rings. The maximum atomic E-state index is 14.8. The number of nitrogens with one attached hydrogen (secondary N) is 1. The van der Waals surface area contributed by atoms with Crippen LogP contribution in [0, 0.1) is 11.6 Å². The Bertz CT molecular complexity index is 1500. The molecule has 0 unspecified atom stereocenters. The van der Waals surface area contributed by atoms with Gasteiger partial charge in [0, 0.05) is 17.3 Å². The fourth-order valence-corrected chi connectivity index (χ4v) is 3.37. The summed E-state index contributed by atoms with van der Waals surface area (Å²) in [4.78, 5) is 24.3. The van der Waals surface area contributed by atoms with Crippen molar-refractivity contribution >= 4 is 34.5 Å². The number of halogens is 2. The molecule has 0 radical (unpaired) electrons. The standard InChI is InChI=1S/C24H18F2N4O4/c1-34-15-5-2-13(3-6-15)11-28-29-20-10-22-16(9-18(20)25)23(31)17(24(32)33)12-30(22)21-7-4-14(27)8-19(21)26/h2-12,29H,27H2,1H3,(H,32,33). The molecule has 10 heteroatoms. The molecule has 0 spiro atoms. The number of nitrogens with zero attached hydrogens (tertiary/aromatic N) is 2. The number of pyridine rings is 1. The highest BCUT2D eigenvalue weighted by atomic mass is 19.1. The predicted molar refractivity (Wildman–Crippen MR) is 125 cm³/mol. The van der Waals surface area contributed by atoms with E-state index in [2.05, 4.69) is 10.5 Å². The lowest BCUT2D eigenvalue weighted by Gasteiger charge is -2.15. The molecular formula is C24H18F2N4O4.